The number of hydrogen-bond acceptors (Lipinski definition) is 6. The summed E-state index contributed by atoms with van der Waals surface area (Å²) in [6.45, 7) is 1.69. The molecular weight excluding hydrogens is 434 g/mol. The minimum atomic E-state index is -4.99. The molecule has 0 bridgehead atoms. The molecule has 13 heteroatoms. The van der Waals surface area contributed by atoms with Crippen molar-refractivity contribution in [3.63, 3.8) is 0 Å². The van der Waals surface area contributed by atoms with Crippen LogP contribution in [0.1, 0.15) is 18.7 Å². The first-order valence-corrected chi connectivity index (χ1v) is 9.74. The number of H-pyrrole nitrogens is 1. The fourth-order valence-electron chi connectivity index (χ4n) is 3.56. The van der Waals surface area contributed by atoms with Gasteiger partial charge in [0.15, 0.2) is 11.6 Å². The molecule has 2 N–H and O–H groups in total. The van der Waals surface area contributed by atoms with Crippen molar-refractivity contribution < 1.29 is 27.1 Å². The van der Waals surface area contributed by atoms with Crippen molar-refractivity contribution in [2.45, 2.75) is 31.8 Å². The van der Waals surface area contributed by atoms with E-state index in [0.29, 0.717) is 18.9 Å². The topological polar surface area (TPSA) is 101 Å². The van der Waals surface area contributed by atoms with Crippen LogP contribution in [0.15, 0.2) is 30.9 Å². The summed E-state index contributed by atoms with van der Waals surface area (Å²) >= 11 is 0. The highest BCUT2D eigenvalue weighted by Gasteiger charge is 2.32. The molecule has 1 amide bonds. The van der Waals surface area contributed by atoms with Gasteiger partial charge in [-0.2, -0.15) is 5.10 Å². The number of carbonyl (C=O) groups excluding carboxylic acids is 1. The number of hydrogen-bond donors (Lipinski definition) is 2. The van der Waals surface area contributed by atoms with Gasteiger partial charge < -0.3 is 15.0 Å². The van der Waals surface area contributed by atoms with Gasteiger partial charge in [-0.3, -0.25) is 9.69 Å². The largest absolute Gasteiger partial charge is 0.573 e. The Morgan fingerprint density at radius 1 is 1.38 bits per heavy atom. The highest BCUT2D eigenvalue weighted by atomic mass is 19.4. The second-order valence-electron chi connectivity index (χ2n) is 7.31. The number of amides is 1. The first-order valence-electron chi connectivity index (χ1n) is 9.74. The lowest BCUT2D eigenvalue weighted by atomic mass is 10.1. The van der Waals surface area contributed by atoms with Crippen molar-refractivity contribution in [1.82, 2.24) is 34.9 Å². The van der Waals surface area contributed by atoms with Crippen molar-refractivity contribution in [3.05, 3.63) is 42.5 Å². The molecule has 170 valence electrons. The molecule has 0 radical (unpaired) electrons. The Morgan fingerprint density at radius 3 is 2.97 bits per heavy atom. The summed E-state index contributed by atoms with van der Waals surface area (Å²) in [5.74, 6) is -1.85. The highest BCUT2D eigenvalue weighted by Crippen LogP contribution is 2.29. The molecule has 1 saturated heterocycles. The summed E-state index contributed by atoms with van der Waals surface area (Å²) in [6.07, 6.45) is 2.33. The lowest BCUT2D eigenvalue weighted by Gasteiger charge is -2.32. The maximum Gasteiger partial charge on any atom is 0.573 e. The van der Waals surface area contributed by atoms with Crippen LogP contribution >= 0.6 is 0 Å². The number of aromatic amines is 1. The summed E-state index contributed by atoms with van der Waals surface area (Å²) in [4.78, 5) is 25.1. The molecule has 3 heterocycles. The highest BCUT2D eigenvalue weighted by molar-refractivity contribution is 5.90. The van der Waals surface area contributed by atoms with Crippen LogP contribution in [0.5, 0.6) is 5.75 Å². The number of likely N-dealkylation sites (tertiary alicyclic amines) is 1. The number of benzene rings is 1. The van der Waals surface area contributed by atoms with E-state index in [-0.39, 0.29) is 23.0 Å². The van der Waals surface area contributed by atoms with Gasteiger partial charge in [-0.25, -0.2) is 19.0 Å². The molecule has 3 aromatic rings. The van der Waals surface area contributed by atoms with E-state index in [1.807, 2.05) is 0 Å². The van der Waals surface area contributed by atoms with Crippen molar-refractivity contribution in [2.75, 3.05) is 13.1 Å². The first-order chi connectivity index (χ1) is 15.2. The Morgan fingerprint density at radius 2 is 2.22 bits per heavy atom. The molecule has 1 aliphatic heterocycles. The molecule has 0 aliphatic carbocycles. The Bertz CT molecular complexity index is 1110. The van der Waals surface area contributed by atoms with Gasteiger partial charge >= 0.3 is 6.36 Å². The van der Waals surface area contributed by atoms with Gasteiger partial charge in [0, 0.05) is 37.0 Å². The number of ether oxygens (including phenoxy) is 1. The molecule has 1 unspecified atom stereocenters. The van der Waals surface area contributed by atoms with Gasteiger partial charge in [-0.1, -0.05) is 0 Å². The first kappa shape index (κ1) is 21.7. The molecule has 0 spiro atoms. The van der Waals surface area contributed by atoms with E-state index >= 15 is 0 Å². The van der Waals surface area contributed by atoms with Crippen LogP contribution in [-0.4, -0.2) is 61.0 Å². The van der Waals surface area contributed by atoms with Crippen LogP contribution in [0.2, 0.25) is 0 Å². The Hall–Kier alpha value is -3.48. The zero-order chi connectivity index (χ0) is 22.7. The number of carbonyl (C=O) groups is 1. The standard InChI is InChI=1S/C19H19F4N7O2/c20-13-6-14-15(7-16(13)32-19(21,22)23)28-17(27-14)9-29-4-1-2-12(8-29)26-18(31)3-5-30-11-24-10-25-30/h3,5-7,10-12H,1-2,4,8-9H2,(H,26,31)(H,27,28)/b5-3+. The predicted molar refractivity (Wildman–Crippen MR) is 105 cm³/mol. The molecule has 1 fully saturated rings. The quantitative estimate of drug-likeness (QED) is 0.439. The smallest absolute Gasteiger partial charge is 0.403 e. The average Bonchev–Trinajstić information content (AvgIpc) is 3.35. The van der Waals surface area contributed by atoms with Crippen LogP contribution < -0.4 is 10.1 Å². The van der Waals surface area contributed by atoms with E-state index < -0.39 is 17.9 Å². The van der Waals surface area contributed by atoms with E-state index in [9.17, 15) is 22.4 Å². The number of alkyl halides is 3. The minimum Gasteiger partial charge on any atom is -0.403 e. The Kier molecular flexibility index (Phi) is 6.08. The van der Waals surface area contributed by atoms with E-state index in [4.69, 9.17) is 0 Å². The van der Waals surface area contributed by atoms with Gasteiger partial charge in [0.2, 0.25) is 5.91 Å². The molecule has 1 aliphatic rings. The van der Waals surface area contributed by atoms with Crippen molar-refractivity contribution >= 4 is 23.1 Å². The van der Waals surface area contributed by atoms with Gasteiger partial charge in [-0.15, -0.1) is 13.2 Å². The SMILES string of the molecule is O=C(/C=C/n1cncn1)NC1CCCN(Cc2nc3cc(OC(F)(F)F)c(F)cc3[nH]2)C1. The van der Waals surface area contributed by atoms with Gasteiger partial charge in [0.05, 0.1) is 17.6 Å². The molecule has 2 aromatic heterocycles. The number of rotatable bonds is 6. The number of nitrogens with zero attached hydrogens (tertiary/aromatic N) is 5. The number of halogens is 4. The van der Waals surface area contributed by atoms with Crippen molar-refractivity contribution in [3.8, 4) is 5.75 Å². The normalized spacial score (nSPS) is 17.8. The van der Waals surface area contributed by atoms with Crippen LogP contribution in [-0.2, 0) is 11.3 Å². The lowest BCUT2D eigenvalue weighted by Crippen LogP contribution is -2.47. The van der Waals surface area contributed by atoms with Gasteiger partial charge in [0.1, 0.15) is 18.5 Å². The fourth-order valence-corrected chi connectivity index (χ4v) is 3.56. The number of nitrogens with one attached hydrogen (secondary N) is 2. The molecule has 1 atom stereocenters. The summed E-state index contributed by atoms with van der Waals surface area (Å²) < 4.78 is 56.3. The van der Waals surface area contributed by atoms with Crippen LogP contribution in [0.25, 0.3) is 17.2 Å². The number of piperidine rings is 1. The second kappa shape index (κ2) is 8.94. The van der Waals surface area contributed by atoms with E-state index in [0.717, 1.165) is 31.5 Å². The fraction of sp³-hybridized carbons (Fsp3) is 0.368. The van der Waals surface area contributed by atoms with E-state index in [1.54, 1.807) is 0 Å². The molecule has 9 nitrogen and oxygen atoms in total. The number of fused-ring (bicyclic) bond motifs is 1. The maximum atomic E-state index is 13.9. The zero-order valence-corrected chi connectivity index (χ0v) is 16.6. The van der Waals surface area contributed by atoms with Gasteiger partial charge in [-0.05, 0) is 19.4 Å². The molecule has 1 aromatic carbocycles. The second-order valence-corrected chi connectivity index (χ2v) is 7.31. The molecule has 32 heavy (non-hydrogen) atoms. The summed E-state index contributed by atoms with van der Waals surface area (Å²) in [7, 11) is 0. The molecule has 0 saturated carbocycles. The summed E-state index contributed by atoms with van der Waals surface area (Å²) in [6, 6.07) is 1.76. The third-order valence-electron chi connectivity index (χ3n) is 4.85. The van der Waals surface area contributed by atoms with E-state index in [1.165, 1.54) is 29.6 Å². The average molecular weight is 453 g/mol. The van der Waals surface area contributed by atoms with E-state index in [2.05, 4.69) is 35.0 Å². The minimum absolute atomic E-state index is 0.0785. The monoisotopic (exact) mass is 453 g/mol. The lowest BCUT2D eigenvalue weighted by molar-refractivity contribution is -0.275. The Balaban J connectivity index is 1.37. The predicted octanol–water partition coefficient (Wildman–Crippen LogP) is 2.44. The summed E-state index contributed by atoms with van der Waals surface area (Å²) in [5.41, 5.74) is 0.438. The zero-order valence-electron chi connectivity index (χ0n) is 16.6. The van der Waals surface area contributed by atoms with Crippen LogP contribution in [0.3, 0.4) is 0 Å². The Labute approximate surface area is 179 Å². The van der Waals surface area contributed by atoms with Crippen LogP contribution in [0.4, 0.5) is 17.6 Å². The van der Waals surface area contributed by atoms with Gasteiger partial charge in [0.25, 0.3) is 0 Å². The van der Waals surface area contributed by atoms with Crippen molar-refractivity contribution in [1.29, 1.82) is 0 Å². The maximum absolute atomic E-state index is 13.9. The third kappa shape index (κ3) is 5.60. The third-order valence-corrected chi connectivity index (χ3v) is 4.85. The van der Waals surface area contributed by atoms with Crippen molar-refractivity contribution in [2.24, 2.45) is 0 Å². The number of aromatic nitrogens is 5. The number of imidazole rings is 1. The van der Waals surface area contributed by atoms with Crippen LogP contribution in [0, 0.1) is 5.82 Å². The molecular formula is C19H19F4N7O2. The molecule has 4 rings (SSSR count). The summed E-state index contributed by atoms with van der Waals surface area (Å²) in [5, 5.41) is 6.80.